The van der Waals surface area contributed by atoms with Crippen molar-refractivity contribution in [1.82, 2.24) is 10.2 Å². The second-order valence-corrected chi connectivity index (χ2v) is 4.99. The molecule has 0 radical (unpaired) electrons. The Hall–Kier alpha value is -2.34. The minimum absolute atomic E-state index is 0.279. The van der Waals surface area contributed by atoms with Crippen LogP contribution in [0.25, 0.3) is 17.3 Å². The summed E-state index contributed by atoms with van der Waals surface area (Å²) >= 11 is 1.17. The smallest absolute Gasteiger partial charge is 0.286 e. The van der Waals surface area contributed by atoms with Crippen LogP contribution in [-0.2, 0) is 4.79 Å². The van der Waals surface area contributed by atoms with Gasteiger partial charge in [-0.2, -0.15) is 10.1 Å². The highest BCUT2D eigenvalue weighted by molar-refractivity contribution is 8.18. The number of nitrogens with one attached hydrogen (secondary N) is 1. The van der Waals surface area contributed by atoms with Crippen LogP contribution >= 0.6 is 11.8 Å². The van der Waals surface area contributed by atoms with Crippen molar-refractivity contribution in [1.29, 1.82) is 0 Å². The summed E-state index contributed by atoms with van der Waals surface area (Å²) < 4.78 is 0. The van der Waals surface area contributed by atoms with Gasteiger partial charge in [-0.3, -0.25) is 9.89 Å². The zero-order chi connectivity index (χ0) is 13.2. The lowest BCUT2D eigenvalue weighted by molar-refractivity contribution is -0.113. The van der Waals surface area contributed by atoms with E-state index in [1.54, 1.807) is 12.3 Å². The fraction of sp³-hybridized carbons (Fsp3) is 0. The normalized spacial score (nSPS) is 16.9. The Morgan fingerprint density at radius 2 is 2.05 bits per heavy atom. The second kappa shape index (κ2) is 4.74. The molecule has 1 aliphatic heterocycles. The Morgan fingerprint density at radius 3 is 2.74 bits per heavy atom. The molecule has 0 aliphatic carbocycles. The van der Waals surface area contributed by atoms with Crippen LogP contribution in [0.5, 0.6) is 0 Å². The van der Waals surface area contributed by atoms with E-state index in [-0.39, 0.29) is 11.1 Å². The van der Waals surface area contributed by atoms with Crippen molar-refractivity contribution in [2.75, 3.05) is 0 Å². The quantitative estimate of drug-likeness (QED) is 0.817. The number of aliphatic imine (C=N–C) groups is 1. The summed E-state index contributed by atoms with van der Waals surface area (Å²) in [6.45, 7) is 0. The van der Waals surface area contributed by atoms with Gasteiger partial charge in [-0.1, -0.05) is 30.3 Å². The van der Waals surface area contributed by atoms with Gasteiger partial charge in [0.1, 0.15) is 0 Å². The molecule has 5 nitrogen and oxygen atoms in total. The van der Waals surface area contributed by atoms with E-state index < -0.39 is 0 Å². The average Bonchev–Trinajstić information content (AvgIpc) is 2.98. The summed E-state index contributed by atoms with van der Waals surface area (Å²) in [6, 6.07) is 9.80. The molecule has 0 fully saturated rings. The first kappa shape index (κ1) is 11.7. The van der Waals surface area contributed by atoms with Crippen LogP contribution in [0.2, 0.25) is 0 Å². The van der Waals surface area contributed by atoms with E-state index >= 15 is 0 Å². The summed E-state index contributed by atoms with van der Waals surface area (Å²) in [5, 5.41) is 7.24. The van der Waals surface area contributed by atoms with E-state index in [4.69, 9.17) is 5.73 Å². The molecule has 94 valence electrons. The van der Waals surface area contributed by atoms with E-state index in [1.807, 2.05) is 30.3 Å². The number of benzene rings is 1. The molecule has 1 aromatic carbocycles. The zero-order valence-electron chi connectivity index (χ0n) is 9.83. The van der Waals surface area contributed by atoms with Crippen molar-refractivity contribution < 1.29 is 4.79 Å². The molecule has 0 bridgehead atoms. The summed E-state index contributed by atoms with van der Waals surface area (Å²) in [5.41, 5.74) is 8.24. The van der Waals surface area contributed by atoms with Crippen LogP contribution in [0.15, 0.2) is 46.4 Å². The number of hydrogen-bond acceptors (Lipinski definition) is 4. The number of thioether (sulfide) groups is 1. The summed E-state index contributed by atoms with van der Waals surface area (Å²) in [6.07, 6.45) is 3.43. The minimum atomic E-state index is -0.303. The number of carbonyl (C=O) groups is 1. The molecule has 3 rings (SSSR count). The Balaban J connectivity index is 1.99. The van der Waals surface area contributed by atoms with Crippen LogP contribution in [0.3, 0.4) is 0 Å². The Morgan fingerprint density at radius 1 is 1.26 bits per heavy atom. The molecular weight excluding hydrogens is 260 g/mol. The molecule has 1 aromatic heterocycles. The van der Waals surface area contributed by atoms with Crippen molar-refractivity contribution in [3.8, 4) is 11.3 Å². The van der Waals surface area contributed by atoms with Gasteiger partial charge in [-0.05, 0) is 17.8 Å². The van der Waals surface area contributed by atoms with Gasteiger partial charge in [0.15, 0.2) is 5.17 Å². The van der Waals surface area contributed by atoms with Crippen LogP contribution in [0.4, 0.5) is 0 Å². The zero-order valence-corrected chi connectivity index (χ0v) is 10.6. The lowest BCUT2D eigenvalue weighted by Crippen LogP contribution is -2.01. The van der Waals surface area contributed by atoms with Crippen molar-refractivity contribution in [3.63, 3.8) is 0 Å². The first-order chi connectivity index (χ1) is 9.24. The van der Waals surface area contributed by atoms with Crippen molar-refractivity contribution in [2.24, 2.45) is 10.7 Å². The maximum atomic E-state index is 11.6. The number of nitrogens with two attached hydrogens (primary N) is 1. The third-order valence-electron chi connectivity index (χ3n) is 2.65. The number of aromatic nitrogens is 2. The fourth-order valence-corrected chi connectivity index (χ4v) is 2.48. The van der Waals surface area contributed by atoms with Gasteiger partial charge in [0, 0.05) is 11.1 Å². The standard InChI is InChI=1S/C13H10N4OS/c14-13-16-12(18)10(19-13)6-9-7-15-17-11(9)8-4-2-1-3-5-8/h1-7H,(H,15,17)(H2,14,16,18)/b10-6+. The largest absolute Gasteiger partial charge is 0.378 e. The maximum absolute atomic E-state index is 11.6. The van der Waals surface area contributed by atoms with Gasteiger partial charge in [0.2, 0.25) is 0 Å². The Labute approximate surface area is 113 Å². The Kier molecular flexibility index (Phi) is 2.92. The molecule has 0 unspecified atom stereocenters. The van der Waals surface area contributed by atoms with Gasteiger partial charge in [-0.15, -0.1) is 0 Å². The van der Waals surface area contributed by atoms with Crippen molar-refractivity contribution in [3.05, 3.63) is 47.0 Å². The molecule has 0 atom stereocenters. The molecule has 0 spiro atoms. The molecular formula is C13H10N4OS. The third-order valence-corrected chi connectivity index (χ3v) is 3.47. The molecule has 2 aromatic rings. The highest BCUT2D eigenvalue weighted by Gasteiger charge is 2.20. The van der Waals surface area contributed by atoms with E-state index in [9.17, 15) is 4.79 Å². The summed E-state index contributed by atoms with van der Waals surface area (Å²) in [7, 11) is 0. The monoisotopic (exact) mass is 270 g/mol. The molecule has 0 saturated carbocycles. The minimum Gasteiger partial charge on any atom is -0.378 e. The number of amidine groups is 1. The summed E-state index contributed by atoms with van der Waals surface area (Å²) in [4.78, 5) is 15.8. The number of amides is 1. The number of aromatic amines is 1. The number of rotatable bonds is 2. The third kappa shape index (κ3) is 2.30. The van der Waals surface area contributed by atoms with E-state index in [2.05, 4.69) is 15.2 Å². The molecule has 0 saturated heterocycles. The van der Waals surface area contributed by atoms with Gasteiger partial charge in [0.25, 0.3) is 5.91 Å². The van der Waals surface area contributed by atoms with Crippen LogP contribution in [-0.4, -0.2) is 21.3 Å². The van der Waals surface area contributed by atoms with Gasteiger partial charge in [-0.25, -0.2) is 0 Å². The predicted octanol–water partition coefficient (Wildman–Crippen LogP) is 2.01. The molecule has 6 heteroatoms. The lowest BCUT2D eigenvalue weighted by Gasteiger charge is -1.99. The van der Waals surface area contributed by atoms with E-state index in [0.29, 0.717) is 4.91 Å². The molecule has 1 amide bonds. The molecule has 2 heterocycles. The number of H-pyrrole nitrogens is 1. The fourth-order valence-electron chi connectivity index (χ4n) is 1.81. The first-order valence-electron chi connectivity index (χ1n) is 5.61. The first-order valence-corrected chi connectivity index (χ1v) is 6.42. The lowest BCUT2D eigenvalue weighted by atomic mass is 10.1. The van der Waals surface area contributed by atoms with E-state index in [1.165, 1.54) is 11.8 Å². The van der Waals surface area contributed by atoms with Crippen molar-refractivity contribution >= 4 is 28.9 Å². The van der Waals surface area contributed by atoms with Crippen LogP contribution < -0.4 is 5.73 Å². The SMILES string of the molecule is NC1=NC(=O)/C(=C\c2cn[nH]c2-c2ccccc2)S1. The second-order valence-electron chi connectivity index (χ2n) is 3.93. The highest BCUT2D eigenvalue weighted by Crippen LogP contribution is 2.29. The molecule has 3 N–H and O–H groups in total. The Bertz CT molecular complexity index is 688. The summed E-state index contributed by atoms with van der Waals surface area (Å²) in [5.74, 6) is -0.303. The van der Waals surface area contributed by atoms with Crippen LogP contribution in [0, 0.1) is 0 Å². The average molecular weight is 270 g/mol. The van der Waals surface area contributed by atoms with Gasteiger partial charge < -0.3 is 5.73 Å². The van der Waals surface area contributed by atoms with Gasteiger partial charge >= 0.3 is 0 Å². The highest BCUT2D eigenvalue weighted by atomic mass is 32.2. The molecule has 19 heavy (non-hydrogen) atoms. The number of hydrogen-bond donors (Lipinski definition) is 2. The number of nitrogens with zero attached hydrogens (tertiary/aromatic N) is 2. The topological polar surface area (TPSA) is 84.1 Å². The van der Waals surface area contributed by atoms with Gasteiger partial charge in [0.05, 0.1) is 16.8 Å². The predicted molar refractivity (Wildman–Crippen MR) is 76.2 cm³/mol. The van der Waals surface area contributed by atoms with Crippen LogP contribution in [0.1, 0.15) is 5.56 Å². The number of carbonyl (C=O) groups excluding carboxylic acids is 1. The molecule has 1 aliphatic rings. The van der Waals surface area contributed by atoms with E-state index in [0.717, 1.165) is 16.8 Å². The maximum Gasteiger partial charge on any atom is 0.286 e. The van der Waals surface area contributed by atoms with Crippen molar-refractivity contribution in [2.45, 2.75) is 0 Å².